The minimum atomic E-state index is -1.09. The summed E-state index contributed by atoms with van der Waals surface area (Å²) >= 11 is 0. The molecule has 3 heterocycles. The maximum Gasteiger partial charge on any atom is 0.184 e. The second-order valence-corrected chi connectivity index (χ2v) is 6.04. The van der Waals surface area contributed by atoms with Gasteiger partial charge in [-0.3, -0.25) is 4.98 Å². The fourth-order valence-corrected chi connectivity index (χ4v) is 3.21. The number of nitrogens with zero attached hydrogens (tertiary/aromatic N) is 1. The van der Waals surface area contributed by atoms with Crippen LogP contribution in [0.4, 0.5) is 0 Å². The van der Waals surface area contributed by atoms with Gasteiger partial charge in [0.05, 0.1) is 6.61 Å². The number of hydrogen-bond donors (Lipinski definition) is 2. The number of aliphatic hydroxyl groups excluding tert-OH is 2. The fraction of sp³-hybridized carbons (Fsp3) is 0.389. The molecule has 0 radical (unpaired) electrons. The molecule has 2 saturated heterocycles. The maximum absolute atomic E-state index is 10.5. The van der Waals surface area contributed by atoms with Gasteiger partial charge in [0, 0.05) is 23.5 Å². The molecule has 6 nitrogen and oxygen atoms in total. The van der Waals surface area contributed by atoms with Gasteiger partial charge in [0.1, 0.15) is 30.5 Å². The molecule has 1 aromatic heterocycles. The number of benzene rings is 1. The van der Waals surface area contributed by atoms with Gasteiger partial charge in [0.25, 0.3) is 0 Å². The van der Waals surface area contributed by atoms with Crippen LogP contribution in [0.15, 0.2) is 54.9 Å². The zero-order valence-electron chi connectivity index (χ0n) is 12.9. The van der Waals surface area contributed by atoms with Crippen molar-refractivity contribution in [2.45, 2.75) is 36.8 Å². The van der Waals surface area contributed by atoms with E-state index in [9.17, 15) is 10.2 Å². The lowest BCUT2D eigenvalue weighted by molar-refractivity contribution is -0.330. The number of rotatable bonds is 2. The van der Waals surface area contributed by atoms with Crippen molar-refractivity contribution in [1.82, 2.24) is 4.98 Å². The van der Waals surface area contributed by atoms with Crippen molar-refractivity contribution in [2.24, 2.45) is 0 Å². The molecule has 126 valence electrons. The first kappa shape index (κ1) is 15.7. The van der Waals surface area contributed by atoms with Gasteiger partial charge in [-0.25, -0.2) is 0 Å². The van der Waals surface area contributed by atoms with Crippen molar-refractivity contribution >= 4 is 0 Å². The van der Waals surface area contributed by atoms with E-state index in [-0.39, 0.29) is 6.61 Å². The molecule has 24 heavy (non-hydrogen) atoms. The molecule has 2 N–H and O–H groups in total. The minimum absolute atomic E-state index is 0.283. The molecule has 0 bridgehead atoms. The zero-order valence-corrected chi connectivity index (χ0v) is 12.9. The molecule has 2 aliphatic heterocycles. The minimum Gasteiger partial charge on any atom is -0.387 e. The molecule has 0 amide bonds. The first-order valence-electron chi connectivity index (χ1n) is 7.97. The van der Waals surface area contributed by atoms with Crippen molar-refractivity contribution in [1.29, 1.82) is 0 Å². The third kappa shape index (κ3) is 2.83. The molecule has 2 aliphatic rings. The molecule has 0 spiro atoms. The van der Waals surface area contributed by atoms with Crippen LogP contribution in [-0.2, 0) is 14.2 Å². The van der Waals surface area contributed by atoms with Crippen molar-refractivity contribution in [3.05, 3.63) is 66.0 Å². The van der Waals surface area contributed by atoms with E-state index in [1.54, 1.807) is 18.5 Å². The Labute approximate surface area is 139 Å². The van der Waals surface area contributed by atoms with E-state index in [2.05, 4.69) is 4.98 Å². The van der Waals surface area contributed by atoms with Crippen LogP contribution in [-0.4, -0.2) is 46.2 Å². The van der Waals surface area contributed by atoms with Crippen molar-refractivity contribution < 1.29 is 24.4 Å². The van der Waals surface area contributed by atoms with Gasteiger partial charge in [-0.05, 0) is 6.07 Å². The normalized spacial score (nSPS) is 36.1. The first-order chi connectivity index (χ1) is 11.7. The summed E-state index contributed by atoms with van der Waals surface area (Å²) in [5.74, 6) is 0. The van der Waals surface area contributed by atoms with Crippen molar-refractivity contribution in [2.75, 3.05) is 6.61 Å². The van der Waals surface area contributed by atoms with E-state index in [1.807, 2.05) is 36.4 Å². The Morgan fingerprint density at radius 1 is 0.917 bits per heavy atom. The van der Waals surface area contributed by atoms with E-state index < -0.39 is 36.8 Å². The summed E-state index contributed by atoms with van der Waals surface area (Å²) in [6.07, 6.45) is -1.22. The Bertz CT molecular complexity index is 666. The Morgan fingerprint density at radius 3 is 2.46 bits per heavy atom. The third-order valence-corrected chi connectivity index (χ3v) is 4.46. The van der Waals surface area contributed by atoms with Gasteiger partial charge >= 0.3 is 0 Å². The van der Waals surface area contributed by atoms with Crippen molar-refractivity contribution in [3.63, 3.8) is 0 Å². The lowest BCUT2D eigenvalue weighted by Gasteiger charge is -2.46. The highest BCUT2D eigenvalue weighted by Gasteiger charge is 2.49. The van der Waals surface area contributed by atoms with Gasteiger partial charge in [-0.2, -0.15) is 0 Å². The first-order valence-corrected chi connectivity index (χ1v) is 7.97. The molecule has 2 aromatic rings. The van der Waals surface area contributed by atoms with E-state index in [0.29, 0.717) is 5.56 Å². The average molecular weight is 329 g/mol. The van der Waals surface area contributed by atoms with Crippen LogP contribution in [0.3, 0.4) is 0 Å². The van der Waals surface area contributed by atoms with Gasteiger partial charge in [0.15, 0.2) is 6.29 Å². The summed E-state index contributed by atoms with van der Waals surface area (Å²) in [5.41, 5.74) is 1.58. The Morgan fingerprint density at radius 2 is 1.71 bits per heavy atom. The highest BCUT2D eigenvalue weighted by molar-refractivity contribution is 5.18. The number of fused-ring (bicyclic) bond motifs is 1. The predicted octanol–water partition coefficient (Wildman–Crippen LogP) is 1.36. The van der Waals surface area contributed by atoms with Gasteiger partial charge in [0.2, 0.25) is 0 Å². The quantitative estimate of drug-likeness (QED) is 0.866. The molecule has 4 rings (SSSR count). The summed E-state index contributed by atoms with van der Waals surface area (Å²) in [7, 11) is 0. The van der Waals surface area contributed by atoms with Gasteiger partial charge in [-0.15, -0.1) is 0 Å². The highest BCUT2D eigenvalue weighted by Crippen LogP contribution is 2.38. The number of pyridine rings is 1. The molecular formula is C18H19NO5. The molecule has 0 saturated carbocycles. The molecule has 6 atom stereocenters. The number of ether oxygens (including phenoxy) is 3. The predicted molar refractivity (Wildman–Crippen MR) is 83.9 cm³/mol. The monoisotopic (exact) mass is 329 g/mol. The van der Waals surface area contributed by atoms with Gasteiger partial charge < -0.3 is 24.4 Å². The highest BCUT2D eigenvalue weighted by atomic mass is 16.7. The number of aliphatic hydroxyl groups is 2. The molecule has 1 unspecified atom stereocenters. The van der Waals surface area contributed by atoms with Crippen molar-refractivity contribution in [3.8, 4) is 0 Å². The molecule has 1 aromatic carbocycles. The summed E-state index contributed by atoms with van der Waals surface area (Å²) in [5, 5.41) is 21.0. The number of aromatic nitrogens is 1. The molecule has 6 heteroatoms. The Hall–Kier alpha value is -1.83. The maximum atomic E-state index is 10.5. The Kier molecular flexibility index (Phi) is 4.30. The standard InChI is InChI=1S/C18H19NO5/c20-14-15(21)17-13(23-16(14)12-7-4-8-19-9-12)10-22-18(24-17)11-5-2-1-3-6-11/h1-9,13-18,20-21H,10H2/t13-,14-,15-,16+,17-,18?/m1/s1. The van der Waals surface area contributed by atoms with Crippen LogP contribution >= 0.6 is 0 Å². The largest absolute Gasteiger partial charge is 0.387 e. The lowest BCUT2D eigenvalue weighted by atomic mass is 9.91. The summed E-state index contributed by atoms with van der Waals surface area (Å²) in [4.78, 5) is 4.04. The van der Waals surface area contributed by atoms with E-state index in [0.717, 1.165) is 5.56 Å². The zero-order chi connectivity index (χ0) is 16.5. The topological polar surface area (TPSA) is 81.0 Å². The second-order valence-electron chi connectivity index (χ2n) is 6.04. The van der Waals surface area contributed by atoms with Crippen LogP contribution in [0.2, 0.25) is 0 Å². The average Bonchev–Trinajstić information content (AvgIpc) is 2.66. The fourth-order valence-electron chi connectivity index (χ4n) is 3.21. The third-order valence-electron chi connectivity index (χ3n) is 4.46. The second kappa shape index (κ2) is 6.58. The SMILES string of the molecule is O[C@@H]1[C@@H](O)[C@H](c2cccnc2)O[C@@H]2COC(c3ccccc3)O[C@@H]12. The summed E-state index contributed by atoms with van der Waals surface area (Å²) in [6.45, 7) is 0.283. The lowest BCUT2D eigenvalue weighted by Crippen LogP contribution is -2.59. The Balaban J connectivity index is 1.53. The van der Waals surface area contributed by atoms with Crippen LogP contribution in [0.1, 0.15) is 23.5 Å². The van der Waals surface area contributed by atoms with E-state index in [1.165, 1.54) is 0 Å². The molecular weight excluding hydrogens is 310 g/mol. The van der Waals surface area contributed by atoms with Crippen LogP contribution in [0.5, 0.6) is 0 Å². The van der Waals surface area contributed by atoms with Gasteiger partial charge in [-0.1, -0.05) is 36.4 Å². The summed E-state index contributed by atoms with van der Waals surface area (Å²) < 4.78 is 17.6. The number of hydrogen-bond acceptors (Lipinski definition) is 6. The summed E-state index contributed by atoms with van der Waals surface area (Å²) in [6, 6.07) is 13.1. The van der Waals surface area contributed by atoms with E-state index in [4.69, 9.17) is 14.2 Å². The smallest absolute Gasteiger partial charge is 0.184 e. The van der Waals surface area contributed by atoms with E-state index >= 15 is 0 Å². The molecule has 2 fully saturated rings. The van der Waals surface area contributed by atoms with Crippen LogP contribution < -0.4 is 0 Å². The van der Waals surface area contributed by atoms with Crippen LogP contribution in [0, 0.1) is 0 Å². The van der Waals surface area contributed by atoms with Crippen LogP contribution in [0.25, 0.3) is 0 Å². The molecule has 0 aliphatic carbocycles.